The lowest BCUT2D eigenvalue weighted by atomic mass is 9.84. The SMILES string of the molecule is O=C(c1ccc(Br)c(OCCn2ncnn2)c1Br)C1CCCCC1. The molecule has 24 heavy (non-hydrogen) atoms. The Morgan fingerprint density at radius 1 is 1.25 bits per heavy atom. The average molecular weight is 458 g/mol. The predicted octanol–water partition coefficient (Wildman–Crippen LogP) is 4.04. The van der Waals surface area contributed by atoms with Crippen molar-refractivity contribution in [2.45, 2.75) is 38.6 Å². The fraction of sp³-hybridized carbons (Fsp3) is 0.500. The van der Waals surface area contributed by atoms with Crippen molar-refractivity contribution in [2.75, 3.05) is 6.61 Å². The Labute approximate surface area is 157 Å². The second kappa shape index (κ2) is 8.20. The summed E-state index contributed by atoms with van der Waals surface area (Å²) < 4.78 is 7.36. The molecule has 0 N–H and O–H groups in total. The largest absolute Gasteiger partial charge is 0.489 e. The summed E-state index contributed by atoms with van der Waals surface area (Å²) in [5, 5.41) is 11.4. The Morgan fingerprint density at radius 3 is 2.75 bits per heavy atom. The van der Waals surface area contributed by atoms with Gasteiger partial charge >= 0.3 is 0 Å². The number of hydrogen-bond acceptors (Lipinski definition) is 5. The number of rotatable bonds is 6. The quantitative estimate of drug-likeness (QED) is 0.612. The normalized spacial score (nSPS) is 15.4. The molecule has 1 aromatic carbocycles. The molecule has 8 heteroatoms. The molecule has 0 unspecified atom stereocenters. The summed E-state index contributed by atoms with van der Waals surface area (Å²) in [4.78, 5) is 14.3. The van der Waals surface area contributed by atoms with E-state index in [2.05, 4.69) is 47.3 Å². The molecule has 1 aromatic heterocycles. The van der Waals surface area contributed by atoms with Crippen LogP contribution in [0, 0.1) is 5.92 Å². The molecule has 0 saturated heterocycles. The van der Waals surface area contributed by atoms with Crippen LogP contribution in [0.4, 0.5) is 0 Å². The van der Waals surface area contributed by atoms with Gasteiger partial charge in [-0.3, -0.25) is 4.79 Å². The minimum atomic E-state index is 0.128. The summed E-state index contributed by atoms with van der Waals surface area (Å²) in [6.07, 6.45) is 6.86. The van der Waals surface area contributed by atoms with Gasteiger partial charge in [-0.2, -0.15) is 4.80 Å². The minimum absolute atomic E-state index is 0.128. The molecule has 3 rings (SSSR count). The van der Waals surface area contributed by atoms with Crippen molar-refractivity contribution >= 4 is 37.6 Å². The maximum atomic E-state index is 12.8. The van der Waals surface area contributed by atoms with E-state index < -0.39 is 0 Å². The van der Waals surface area contributed by atoms with E-state index in [1.807, 2.05) is 12.1 Å². The lowest BCUT2D eigenvalue weighted by molar-refractivity contribution is 0.0888. The van der Waals surface area contributed by atoms with E-state index in [-0.39, 0.29) is 11.7 Å². The zero-order valence-electron chi connectivity index (χ0n) is 13.1. The Kier molecular flexibility index (Phi) is 5.99. The number of carbonyl (C=O) groups is 1. The van der Waals surface area contributed by atoms with Gasteiger partial charge < -0.3 is 4.74 Å². The van der Waals surface area contributed by atoms with Crippen molar-refractivity contribution < 1.29 is 9.53 Å². The first-order valence-corrected chi connectivity index (χ1v) is 9.61. The van der Waals surface area contributed by atoms with Crippen LogP contribution in [-0.2, 0) is 6.54 Å². The van der Waals surface area contributed by atoms with Crippen molar-refractivity contribution in [3.63, 3.8) is 0 Å². The van der Waals surface area contributed by atoms with Gasteiger partial charge in [0.25, 0.3) is 0 Å². The lowest BCUT2D eigenvalue weighted by Gasteiger charge is -2.21. The van der Waals surface area contributed by atoms with E-state index in [1.165, 1.54) is 17.5 Å². The number of Topliss-reactive ketones (excluding diaryl/α,β-unsaturated/α-hetero) is 1. The van der Waals surface area contributed by atoms with Crippen molar-refractivity contribution in [3.05, 3.63) is 33.0 Å². The van der Waals surface area contributed by atoms with E-state index >= 15 is 0 Å². The summed E-state index contributed by atoms with van der Waals surface area (Å²) >= 11 is 7.04. The van der Waals surface area contributed by atoms with Gasteiger partial charge in [-0.15, -0.1) is 10.2 Å². The predicted molar refractivity (Wildman–Crippen MR) is 96.1 cm³/mol. The van der Waals surface area contributed by atoms with Gasteiger partial charge in [0, 0.05) is 11.5 Å². The fourth-order valence-corrected chi connectivity index (χ4v) is 4.33. The molecule has 1 fully saturated rings. The number of ether oxygens (including phenoxy) is 1. The second-order valence-corrected chi connectivity index (χ2v) is 7.46. The molecule has 0 aliphatic heterocycles. The van der Waals surface area contributed by atoms with Gasteiger partial charge in [-0.1, -0.05) is 19.3 Å². The Morgan fingerprint density at radius 2 is 2.04 bits per heavy atom. The molecule has 6 nitrogen and oxygen atoms in total. The highest BCUT2D eigenvalue weighted by atomic mass is 79.9. The summed E-state index contributed by atoms with van der Waals surface area (Å²) in [6.45, 7) is 0.869. The number of aromatic nitrogens is 4. The van der Waals surface area contributed by atoms with Crippen LogP contribution in [0.2, 0.25) is 0 Å². The molecule has 1 saturated carbocycles. The molecule has 1 aliphatic rings. The Hall–Kier alpha value is -1.28. The molecule has 0 bridgehead atoms. The van der Waals surface area contributed by atoms with E-state index in [0.29, 0.717) is 28.9 Å². The lowest BCUT2D eigenvalue weighted by Crippen LogP contribution is -2.18. The van der Waals surface area contributed by atoms with Crippen LogP contribution in [-0.4, -0.2) is 32.6 Å². The maximum absolute atomic E-state index is 12.8. The zero-order chi connectivity index (χ0) is 16.9. The van der Waals surface area contributed by atoms with Gasteiger partial charge in [-0.05, 0) is 62.0 Å². The summed E-state index contributed by atoms with van der Waals surface area (Å²) in [5.74, 6) is 0.970. The van der Waals surface area contributed by atoms with E-state index in [1.54, 1.807) is 0 Å². The number of carbonyl (C=O) groups excluding carboxylic acids is 1. The maximum Gasteiger partial charge on any atom is 0.167 e. The monoisotopic (exact) mass is 456 g/mol. The Bertz CT molecular complexity index is 700. The van der Waals surface area contributed by atoms with Gasteiger partial charge in [-0.25, -0.2) is 0 Å². The molecule has 0 amide bonds. The van der Waals surface area contributed by atoms with Crippen LogP contribution in [0.15, 0.2) is 27.4 Å². The minimum Gasteiger partial charge on any atom is -0.489 e. The number of benzene rings is 1. The van der Waals surface area contributed by atoms with Gasteiger partial charge in [0.2, 0.25) is 0 Å². The number of tetrazole rings is 1. The number of halogens is 2. The molecular weight excluding hydrogens is 440 g/mol. The number of nitrogens with zero attached hydrogens (tertiary/aromatic N) is 4. The first-order valence-electron chi connectivity index (χ1n) is 8.02. The molecule has 1 heterocycles. The van der Waals surface area contributed by atoms with Crippen molar-refractivity contribution in [1.29, 1.82) is 0 Å². The van der Waals surface area contributed by atoms with Crippen LogP contribution in [0.25, 0.3) is 0 Å². The molecule has 128 valence electrons. The highest BCUT2D eigenvalue weighted by molar-refractivity contribution is 9.11. The zero-order valence-corrected chi connectivity index (χ0v) is 16.3. The molecule has 0 spiro atoms. The van der Waals surface area contributed by atoms with Gasteiger partial charge in [0.1, 0.15) is 12.4 Å². The van der Waals surface area contributed by atoms with E-state index in [9.17, 15) is 4.79 Å². The molecular formula is C16H18Br2N4O2. The third-order valence-corrected chi connectivity index (χ3v) is 5.63. The summed E-state index contributed by atoms with van der Waals surface area (Å²) in [7, 11) is 0. The second-order valence-electron chi connectivity index (χ2n) is 5.82. The Balaban J connectivity index is 1.73. The molecule has 0 atom stereocenters. The number of hydrogen-bond donors (Lipinski definition) is 0. The highest BCUT2D eigenvalue weighted by Gasteiger charge is 2.25. The first-order chi connectivity index (χ1) is 11.7. The van der Waals surface area contributed by atoms with Crippen molar-refractivity contribution in [2.24, 2.45) is 5.92 Å². The molecule has 1 aliphatic carbocycles. The van der Waals surface area contributed by atoms with Crippen LogP contribution in [0.5, 0.6) is 5.75 Å². The van der Waals surface area contributed by atoms with Crippen molar-refractivity contribution in [3.8, 4) is 5.75 Å². The van der Waals surface area contributed by atoms with E-state index in [4.69, 9.17) is 4.74 Å². The van der Waals surface area contributed by atoms with Crippen LogP contribution < -0.4 is 4.74 Å². The smallest absolute Gasteiger partial charge is 0.167 e. The average Bonchev–Trinajstić information content (AvgIpc) is 3.11. The van der Waals surface area contributed by atoms with Crippen molar-refractivity contribution in [1.82, 2.24) is 20.2 Å². The standard InChI is InChI=1S/C16H18Br2N4O2/c17-13-7-6-12(15(23)11-4-2-1-3-5-11)14(18)16(13)24-9-8-22-20-10-19-21-22/h6-7,10-11H,1-5,8-9H2. The van der Waals surface area contributed by atoms with E-state index in [0.717, 1.165) is 30.2 Å². The third-order valence-electron chi connectivity index (χ3n) is 4.22. The fourth-order valence-electron chi connectivity index (χ4n) is 2.96. The third kappa shape index (κ3) is 4.03. The van der Waals surface area contributed by atoms with Gasteiger partial charge in [0.05, 0.1) is 15.5 Å². The van der Waals surface area contributed by atoms with Gasteiger partial charge in [0.15, 0.2) is 12.1 Å². The highest BCUT2D eigenvalue weighted by Crippen LogP contribution is 2.38. The summed E-state index contributed by atoms with van der Waals surface area (Å²) in [5.41, 5.74) is 0.694. The molecule has 2 aromatic rings. The first kappa shape index (κ1) is 17.5. The summed E-state index contributed by atoms with van der Waals surface area (Å²) in [6, 6.07) is 3.72. The van der Waals surface area contributed by atoms with Crippen LogP contribution >= 0.6 is 31.9 Å². The topological polar surface area (TPSA) is 69.9 Å². The molecule has 0 radical (unpaired) electrons. The number of ketones is 1. The van der Waals surface area contributed by atoms with Crippen LogP contribution in [0.3, 0.4) is 0 Å². The van der Waals surface area contributed by atoms with Crippen LogP contribution in [0.1, 0.15) is 42.5 Å².